The van der Waals surface area contributed by atoms with Crippen LogP contribution in [0.1, 0.15) is 6.42 Å². The van der Waals surface area contributed by atoms with Crippen LogP contribution in [0.5, 0.6) is 0 Å². The zero-order chi connectivity index (χ0) is 12.1. The Morgan fingerprint density at radius 2 is 2.50 bits per heavy atom. The molecule has 1 unspecified atom stereocenters. The predicted molar refractivity (Wildman–Crippen MR) is 58.0 cm³/mol. The summed E-state index contributed by atoms with van der Waals surface area (Å²) < 4.78 is 1.30. The van der Waals surface area contributed by atoms with Gasteiger partial charge in [0.25, 0.3) is 5.56 Å². The molecule has 16 heavy (non-hydrogen) atoms. The first-order chi connectivity index (χ1) is 7.56. The average molecular weight is 221 g/mol. The number of aliphatic carboxylic acids is 1. The Morgan fingerprint density at radius 3 is 3.06 bits per heavy atom. The number of carboxylic acids is 1. The van der Waals surface area contributed by atoms with Gasteiger partial charge in [-0.25, -0.2) is 9.78 Å². The first-order valence-corrected chi connectivity index (χ1v) is 4.50. The molecule has 0 aromatic carbocycles. The van der Waals surface area contributed by atoms with Crippen molar-refractivity contribution >= 4 is 11.8 Å². The third-order valence-corrected chi connectivity index (χ3v) is 1.95. The lowest BCUT2D eigenvalue weighted by molar-refractivity contribution is -0.137. The van der Waals surface area contributed by atoms with Gasteiger partial charge in [0.15, 0.2) is 5.82 Å². The number of carbonyl (C=O) groups is 1. The maximum absolute atomic E-state index is 11.5. The quantitative estimate of drug-likeness (QED) is 0.680. The Morgan fingerprint density at radius 1 is 1.81 bits per heavy atom. The molecule has 0 radical (unpaired) electrons. The summed E-state index contributed by atoms with van der Waals surface area (Å²) in [6, 6.07) is -1.01. The minimum Gasteiger partial charge on any atom is -0.480 e. The van der Waals surface area contributed by atoms with Crippen molar-refractivity contribution in [1.82, 2.24) is 9.55 Å². The van der Waals surface area contributed by atoms with Crippen molar-refractivity contribution in [1.29, 1.82) is 0 Å². The first kappa shape index (κ1) is 11.8. The molecular weight excluding hydrogens is 210 g/mol. The molecule has 0 aliphatic rings. The number of nitrogens with one attached hydrogen (secondary N) is 1. The molecular formula is C10H11N3O3. The molecule has 1 rings (SSSR count). The normalized spacial score (nSPS) is 11.5. The number of hydrogen-bond acceptors (Lipinski definition) is 4. The van der Waals surface area contributed by atoms with Gasteiger partial charge in [0.1, 0.15) is 6.04 Å². The number of nitrogens with zero attached hydrogens (tertiary/aromatic N) is 2. The summed E-state index contributed by atoms with van der Waals surface area (Å²) in [7, 11) is 1.55. The Kier molecular flexibility index (Phi) is 3.67. The highest BCUT2D eigenvalue weighted by Crippen LogP contribution is 2.00. The van der Waals surface area contributed by atoms with Crippen molar-refractivity contribution in [3.05, 3.63) is 22.7 Å². The minimum atomic E-state index is -1.12. The molecule has 1 aromatic rings. The molecule has 0 spiro atoms. The molecule has 0 fully saturated rings. The third-order valence-electron chi connectivity index (χ3n) is 1.95. The van der Waals surface area contributed by atoms with Crippen LogP contribution in [0.25, 0.3) is 0 Å². The van der Waals surface area contributed by atoms with E-state index in [-0.39, 0.29) is 12.2 Å². The van der Waals surface area contributed by atoms with E-state index < -0.39 is 17.6 Å². The molecule has 6 heteroatoms. The van der Waals surface area contributed by atoms with Gasteiger partial charge >= 0.3 is 5.97 Å². The van der Waals surface area contributed by atoms with Gasteiger partial charge in [-0.3, -0.25) is 4.79 Å². The van der Waals surface area contributed by atoms with E-state index in [9.17, 15) is 9.59 Å². The molecule has 1 atom stereocenters. The van der Waals surface area contributed by atoms with Gasteiger partial charge < -0.3 is 15.0 Å². The van der Waals surface area contributed by atoms with Crippen LogP contribution in [0.15, 0.2) is 17.2 Å². The van der Waals surface area contributed by atoms with Crippen LogP contribution in [0, 0.1) is 12.3 Å². The highest BCUT2D eigenvalue weighted by Gasteiger charge is 2.17. The maximum Gasteiger partial charge on any atom is 0.327 e. The Balaban J connectivity index is 2.95. The monoisotopic (exact) mass is 221 g/mol. The van der Waals surface area contributed by atoms with Crippen molar-refractivity contribution in [2.75, 3.05) is 5.32 Å². The van der Waals surface area contributed by atoms with Crippen LogP contribution in [0.3, 0.4) is 0 Å². The number of aromatic nitrogens is 2. The minimum absolute atomic E-state index is 0.0188. The van der Waals surface area contributed by atoms with Gasteiger partial charge in [-0.1, -0.05) is 0 Å². The summed E-state index contributed by atoms with van der Waals surface area (Å²) in [4.78, 5) is 26.1. The molecule has 84 valence electrons. The fourth-order valence-corrected chi connectivity index (χ4v) is 1.08. The van der Waals surface area contributed by atoms with Gasteiger partial charge in [0, 0.05) is 25.9 Å². The van der Waals surface area contributed by atoms with Crippen molar-refractivity contribution in [2.45, 2.75) is 12.5 Å². The molecule has 0 saturated carbocycles. The van der Waals surface area contributed by atoms with Gasteiger partial charge in [-0.15, -0.1) is 12.3 Å². The second kappa shape index (κ2) is 4.98. The van der Waals surface area contributed by atoms with Crippen molar-refractivity contribution in [2.24, 2.45) is 7.05 Å². The molecule has 1 aromatic heterocycles. The van der Waals surface area contributed by atoms with Crippen LogP contribution in [-0.4, -0.2) is 26.7 Å². The largest absolute Gasteiger partial charge is 0.480 e. The van der Waals surface area contributed by atoms with E-state index in [1.807, 2.05) is 0 Å². The second-order valence-electron chi connectivity index (χ2n) is 3.14. The molecule has 0 aliphatic carbocycles. The number of terminal acetylenes is 1. The second-order valence-corrected chi connectivity index (χ2v) is 3.14. The highest BCUT2D eigenvalue weighted by atomic mass is 16.4. The summed E-state index contributed by atoms with van der Waals surface area (Å²) in [6.45, 7) is 0. The van der Waals surface area contributed by atoms with E-state index in [2.05, 4.69) is 16.2 Å². The number of aryl methyl sites for hydroxylation is 1. The predicted octanol–water partition coefficient (Wildman–Crippen LogP) is -0.331. The Labute approximate surface area is 91.9 Å². The lowest BCUT2D eigenvalue weighted by Gasteiger charge is -2.11. The summed E-state index contributed by atoms with van der Waals surface area (Å²) in [6.07, 6.45) is 7.89. The fraction of sp³-hybridized carbons (Fsp3) is 0.300. The standard InChI is InChI=1S/C10H11N3O3/c1-3-4-7(10(15)16)12-8-9(14)13(2)6-5-11-8/h1,5-7H,4H2,2H3,(H,11,12)(H,15,16). The zero-order valence-electron chi connectivity index (χ0n) is 8.67. The summed E-state index contributed by atoms with van der Waals surface area (Å²) >= 11 is 0. The maximum atomic E-state index is 11.5. The number of hydrogen-bond donors (Lipinski definition) is 2. The Hall–Kier alpha value is -2.29. The third kappa shape index (κ3) is 2.60. The van der Waals surface area contributed by atoms with Crippen LogP contribution >= 0.6 is 0 Å². The summed E-state index contributed by atoms with van der Waals surface area (Å²) in [5.41, 5.74) is -0.397. The van der Waals surface area contributed by atoms with Gasteiger partial charge in [0.05, 0.1) is 0 Å². The van der Waals surface area contributed by atoms with Gasteiger partial charge in [0.2, 0.25) is 0 Å². The smallest absolute Gasteiger partial charge is 0.327 e. The van der Waals surface area contributed by atoms with Crippen LogP contribution in [0.4, 0.5) is 5.82 Å². The molecule has 0 bridgehead atoms. The zero-order valence-corrected chi connectivity index (χ0v) is 8.67. The highest BCUT2D eigenvalue weighted by molar-refractivity contribution is 5.77. The van der Waals surface area contributed by atoms with E-state index in [1.165, 1.54) is 17.0 Å². The lowest BCUT2D eigenvalue weighted by atomic mass is 10.2. The average Bonchev–Trinajstić information content (AvgIpc) is 2.23. The molecule has 0 amide bonds. The molecule has 0 saturated heterocycles. The molecule has 6 nitrogen and oxygen atoms in total. The fourth-order valence-electron chi connectivity index (χ4n) is 1.08. The van der Waals surface area contributed by atoms with E-state index in [1.54, 1.807) is 7.05 Å². The van der Waals surface area contributed by atoms with Crippen LogP contribution in [0.2, 0.25) is 0 Å². The summed E-state index contributed by atoms with van der Waals surface area (Å²) in [5, 5.41) is 11.3. The number of anilines is 1. The summed E-state index contributed by atoms with van der Waals surface area (Å²) in [5.74, 6) is 1.08. The van der Waals surface area contributed by atoms with E-state index in [0.29, 0.717) is 0 Å². The SMILES string of the molecule is C#CCC(Nc1nccn(C)c1=O)C(=O)O. The first-order valence-electron chi connectivity index (χ1n) is 4.50. The van der Waals surface area contributed by atoms with Crippen molar-refractivity contribution in [3.8, 4) is 12.3 Å². The lowest BCUT2D eigenvalue weighted by Crippen LogP contribution is -2.33. The van der Waals surface area contributed by atoms with E-state index >= 15 is 0 Å². The number of carboxylic acid groups (broad SMARTS) is 1. The molecule has 1 heterocycles. The van der Waals surface area contributed by atoms with Crippen molar-refractivity contribution < 1.29 is 9.90 Å². The van der Waals surface area contributed by atoms with Crippen LogP contribution in [-0.2, 0) is 11.8 Å². The number of rotatable bonds is 4. The van der Waals surface area contributed by atoms with Gasteiger partial charge in [-0.05, 0) is 0 Å². The molecule has 2 N–H and O–H groups in total. The van der Waals surface area contributed by atoms with E-state index in [4.69, 9.17) is 11.5 Å². The van der Waals surface area contributed by atoms with Crippen molar-refractivity contribution in [3.63, 3.8) is 0 Å². The molecule has 0 aliphatic heterocycles. The van der Waals surface area contributed by atoms with Crippen LogP contribution < -0.4 is 10.9 Å². The van der Waals surface area contributed by atoms with E-state index in [0.717, 1.165) is 0 Å². The topological polar surface area (TPSA) is 84.2 Å². The Bertz CT molecular complexity index is 487. The van der Waals surface area contributed by atoms with Gasteiger partial charge in [-0.2, -0.15) is 0 Å².